The number of aryl methyl sites for hydroxylation is 1. The lowest BCUT2D eigenvalue weighted by molar-refractivity contribution is 0.151. The summed E-state index contributed by atoms with van der Waals surface area (Å²) in [4.78, 5) is 16.1. The molecule has 0 radical (unpaired) electrons. The van der Waals surface area contributed by atoms with Crippen LogP contribution in [0.4, 0.5) is 4.79 Å². The van der Waals surface area contributed by atoms with Crippen molar-refractivity contribution in [2.75, 3.05) is 6.61 Å². The summed E-state index contributed by atoms with van der Waals surface area (Å²) < 4.78 is 4.70. The first-order valence-corrected chi connectivity index (χ1v) is 4.86. The van der Waals surface area contributed by atoms with Crippen LogP contribution in [-0.2, 0) is 11.3 Å². The summed E-state index contributed by atoms with van der Waals surface area (Å²) >= 11 is 1.57. The standard InChI is InChI=1S/C8H12N2O2S/c1-3-12-8(11)10-5-7-9-4-6(2)13-7/h4H,3,5H2,1-2H3,(H,10,11). The molecule has 0 atom stereocenters. The molecule has 1 rings (SSSR count). The topological polar surface area (TPSA) is 51.2 Å². The molecule has 13 heavy (non-hydrogen) atoms. The van der Waals surface area contributed by atoms with Gasteiger partial charge in [-0.05, 0) is 13.8 Å². The molecule has 72 valence electrons. The molecule has 0 spiro atoms. The van der Waals surface area contributed by atoms with Crippen LogP contribution < -0.4 is 5.32 Å². The highest BCUT2D eigenvalue weighted by atomic mass is 32.1. The molecular weight excluding hydrogens is 188 g/mol. The lowest BCUT2D eigenvalue weighted by Gasteiger charge is -2.01. The summed E-state index contributed by atoms with van der Waals surface area (Å²) in [7, 11) is 0. The smallest absolute Gasteiger partial charge is 0.407 e. The first-order chi connectivity index (χ1) is 6.22. The third-order valence-electron chi connectivity index (χ3n) is 1.33. The first kappa shape index (κ1) is 9.98. The van der Waals surface area contributed by atoms with Crippen LogP contribution in [0.1, 0.15) is 16.8 Å². The van der Waals surface area contributed by atoms with Gasteiger partial charge >= 0.3 is 6.09 Å². The Morgan fingerprint density at radius 3 is 3.08 bits per heavy atom. The lowest BCUT2D eigenvalue weighted by atomic mass is 10.6. The van der Waals surface area contributed by atoms with Gasteiger partial charge in [-0.15, -0.1) is 11.3 Å². The van der Waals surface area contributed by atoms with Crippen LogP contribution in [0.3, 0.4) is 0 Å². The Morgan fingerprint density at radius 1 is 1.77 bits per heavy atom. The van der Waals surface area contributed by atoms with Gasteiger partial charge in [-0.3, -0.25) is 0 Å². The maximum Gasteiger partial charge on any atom is 0.407 e. The van der Waals surface area contributed by atoms with E-state index >= 15 is 0 Å². The third-order valence-corrected chi connectivity index (χ3v) is 2.24. The molecule has 1 aromatic rings. The molecule has 0 bridgehead atoms. The molecule has 4 nitrogen and oxygen atoms in total. The van der Waals surface area contributed by atoms with Gasteiger partial charge in [0.2, 0.25) is 0 Å². The van der Waals surface area contributed by atoms with Crippen molar-refractivity contribution in [2.45, 2.75) is 20.4 Å². The van der Waals surface area contributed by atoms with Crippen LogP contribution >= 0.6 is 11.3 Å². The normalized spacial score (nSPS) is 9.69. The van der Waals surface area contributed by atoms with Gasteiger partial charge in [-0.25, -0.2) is 9.78 Å². The number of thiazole rings is 1. The van der Waals surface area contributed by atoms with Crippen LogP contribution in [0, 0.1) is 6.92 Å². The van der Waals surface area contributed by atoms with Crippen LogP contribution in [0.25, 0.3) is 0 Å². The molecule has 1 heterocycles. The predicted molar refractivity (Wildman–Crippen MR) is 50.7 cm³/mol. The van der Waals surface area contributed by atoms with E-state index in [1.165, 1.54) is 0 Å². The lowest BCUT2D eigenvalue weighted by Crippen LogP contribution is -2.23. The summed E-state index contributed by atoms with van der Waals surface area (Å²) in [5, 5.41) is 3.49. The Kier molecular flexibility index (Phi) is 3.70. The minimum atomic E-state index is -0.393. The summed E-state index contributed by atoms with van der Waals surface area (Å²) in [6.07, 6.45) is 1.39. The quantitative estimate of drug-likeness (QED) is 0.808. The molecule has 0 aliphatic carbocycles. The van der Waals surface area contributed by atoms with Gasteiger partial charge in [-0.1, -0.05) is 0 Å². The van der Waals surface area contributed by atoms with Crippen LogP contribution in [-0.4, -0.2) is 17.7 Å². The molecular formula is C8H12N2O2S. The first-order valence-electron chi connectivity index (χ1n) is 4.04. The Hall–Kier alpha value is -1.10. The fourth-order valence-electron chi connectivity index (χ4n) is 0.813. The van der Waals surface area contributed by atoms with E-state index < -0.39 is 6.09 Å². The van der Waals surface area contributed by atoms with E-state index in [-0.39, 0.29) is 0 Å². The molecule has 5 heteroatoms. The Balaban J connectivity index is 2.30. The van der Waals surface area contributed by atoms with Crippen molar-refractivity contribution in [3.8, 4) is 0 Å². The van der Waals surface area contributed by atoms with Gasteiger partial charge in [0, 0.05) is 11.1 Å². The molecule has 1 aromatic heterocycles. The van der Waals surface area contributed by atoms with Gasteiger partial charge in [-0.2, -0.15) is 0 Å². The van der Waals surface area contributed by atoms with Crippen LogP contribution in [0.5, 0.6) is 0 Å². The van der Waals surface area contributed by atoms with Crippen molar-refractivity contribution in [3.63, 3.8) is 0 Å². The van der Waals surface area contributed by atoms with E-state index in [0.717, 1.165) is 9.88 Å². The highest BCUT2D eigenvalue weighted by Crippen LogP contribution is 2.10. The number of carbonyl (C=O) groups excluding carboxylic acids is 1. The second-order valence-electron chi connectivity index (χ2n) is 2.44. The highest BCUT2D eigenvalue weighted by Gasteiger charge is 2.02. The number of amides is 1. The van der Waals surface area contributed by atoms with E-state index in [2.05, 4.69) is 10.3 Å². The van der Waals surface area contributed by atoms with Crippen molar-refractivity contribution < 1.29 is 9.53 Å². The second kappa shape index (κ2) is 4.81. The average molecular weight is 200 g/mol. The second-order valence-corrected chi connectivity index (χ2v) is 3.76. The van der Waals surface area contributed by atoms with E-state index in [4.69, 9.17) is 4.74 Å². The molecule has 0 aromatic carbocycles. The maximum atomic E-state index is 10.9. The third kappa shape index (κ3) is 3.42. The number of ether oxygens (including phenoxy) is 1. The number of aromatic nitrogens is 1. The zero-order valence-electron chi connectivity index (χ0n) is 7.66. The molecule has 1 N–H and O–H groups in total. The van der Waals surface area contributed by atoms with E-state index in [1.807, 2.05) is 6.92 Å². The fraction of sp³-hybridized carbons (Fsp3) is 0.500. The van der Waals surface area contributed by atoms with E-state index in [0.29, 0.717) is 13.2 Å². The summed E-state index contributed by atoms with van der Waals surface area (Å²) in [5.41, 5.74) is 0. The number of hydrogen-bond acceptors (Lipinski definition) is 4. The van der Waals surface area contributed by atoms with Crippen LogP contribution in [0.15, 0.2) is 6.20 Å². The average Bonchev–Trinajstić information content (AvgIpc) is 2.49. The summed E-state index contributed by atoms with van der Waals surface area (Å²) in [6.45, 7) is 4.58. The molecule has 0 saturated heterocycles. The zero-order chi connectivity index (χ0) is 9.68. The summed E-state index contributed by atoms with van der Waals surface area (Å²) in [6, 6.07) is 0. The van der Waals surface area contributed by atoms with E-state index in [9.17, 15) is 4.79 Å². The fourth-order valence-corrected chi connectivity index (χ4v) is 1.54. The molecule has 0 unspecified atom stereocenters. The Morgan fingerprint density at radius 2 is 2.54 bits per heavy atom. The largest absolute Gasteiger partial charge is 0.450 e. The highest BCUT2D eigenvalue weighted by molar-refractivity contribution is 7.11. The predicted octanol–water partition coefficient (Wildman–Crippen LogP) is 1.70. The van der Waals surface area contributed by atoms with Crippen LogP contribution in [0.2, 0.25) is 0 Å². The molecule has 1 amide bonds. The number of nitrogens with one attached hydrogen (secondary N) is 1. The Labute approximate surface area is 80.9 Å². The minimum Gasteiger partial charge on any atom is -0.450 e. The molecule has 0 aliphatic rings. The van der Waals surface area contributed by atoms with Crippen molar-refractivity contribution in [3.05, 3.63) is 16.1 Å². The van der Waals surface area contributed by atoms with Crippen molar-refractivity contribution in [1.29, 1.82) is 0 Å². The molecule has 0 saturated carbocycles. The van der Waals surface area contributed by atoms with Gasteiger partial charge in [0.05, 0.1) is 13.2 Å². The number of alkyl carbamates (subject to hydrolysis) is 1. The Bertz CT molecular complexity index is 285. The van der Waals surface area contributed by atoms with Crippen molar-refractivity contribution in [1.82, 2.24) is 10.3 Å². The maximum absolute atomic E-state index is 10.9. The monoisotopic (exact) mass is 200 g/mol. The van der Waals surface area contributed by atoms with Gasteiger partial charge in [0.1, 0.15) is 5.01 Å². The van der Waals surface area contributed by atoms with E-state index in [1.54, 1.807) is 24.5 Å². The summed E-state index contributed by atoms with van der Waals surface area (Å²) in [5.74, 6) is 0. The number of carbonyl (C=O) groups is 1. The molecule has 0 aliphatic heterocycles. The number of rotatable bonds is 3. The van der Waals surface area contributed by atoms with Gasteiger partial charge in [0.25, 0.3) is 0 Å². The van der Waals surface area contributed by atoms with Crippen molar-refractivity contribution in [2.24, 2.45) is 0 Å². The number of nitrogens with zero attached hydrogens (tertiary/aromatic N) is 1. The SMILES string of the molecule is CCOC(=O)NCc1ncc(C)s1. The minimum absolute atomic E-state index is 0.392. The van der Waals surface area contributed by atoms with Gasteiger partial charge < -0.3 is 10.1 Å². The molecule has 0 fully saturated rings. The van der Waals surface area contributed by atoms with Gasteiger partial charge in [0.15, 0.2) is 0 Å². The van der Waals surface area contributed by atoms with Crippen molar-refractivity contribution >= 4 is 17.4 Å². The number of hydrogen-bond donors (Lipinski definition) is 1. The zero-order valence-corrected chi connectivity index (χ0v) is 8.48.